The molecule has 6 aliphatic rings. The number of carbonyl (C=O) groups excluding carboxylic acids is 4. The van der Waals surface area contributed by atoms with E-state index in [1.54, 1.807) is 27.7 Å². The van der Waals surface area contributed by atoms with Crippen molar-refractivity contribution in [1.82, 2.24) is 30.1 Å². The molecule has 4 amide bonds. The highest BCUT2D eigenvalue weighted by Crippen LogP contribution is 2.48. The van der Waals surface area contributed by atoms with Gasteiger partial charge in [0.1, 0.15) is 41.7 Å². The van der Waals surface area contributed by atoms with Crippen LogP contribution in [0.25, 0.3) is 10.9 Å². The SMILES string of the molecule is C=CC1CC1(NC(=O)[C@@H]1C[C@@H]2CN1C(=O)[C@H](C(C)(C)C)NC(=O)O[C@@H]1C[C@H]1CCCCCc1c(nc3ccccc3c1OC1CCN(CC(F)(F)F)CC1)O2)C(=O)NS(=O)(=O)C1(C)CC1. The van der Waals surface area contributed by atoms with Crippen LogP contribution in [0.3, 0.4) is 0 Å². The maximum absolute atomic E-state index is 14.9. The van der Waals surface area contributed by atoms with Crippen molar-refractivity contribution in [3.8, 4) is 11.6 Å². The topological polar surface area (TPSA) is 186 Å². The third-order valence-electron chi connectivity index (χ3n) is 14.1. The molecule has 2 bridgehead atoms. The summed E-state index contributed by atoms with van der Waals surface area (Å²) in [6.07, 6.45) is 0.948. The van der Waals surface area contributed by atoms with Crippen LogP contribution >= 0.6 is 0 Å². The van der Waals surface area contributed by atoms with Crippen molar-refractivity contribution < 1.29 is 55.0 Å². The number of amides is 4. The van der Waals surface area contributed by atoms with Gasteiger partial charge in [-0.05, 0) is 88.2 Å². The van der Waals surface area contributed by atoms with Gasteiger partial charge in [0, 0.05) is 30.8 Å². The van der Waals surface area contributed by atoms with Gasteiger partial charge in [-0.2, -0.15) is 13.2 Å². The van der Waals surface area contributed by atoms with Gasteiger partial charge >= 0.3 is 12.3 Å². The highest BCUT2D eigenvalue weighted by atomic mass is 32.2. The molecule has 1 aromatic carbocycles. The molecule has 5 fully saturated rings. The zero-order chi connectivity index (χ0) is 46.7. The molecule has 7 atom stereocenters. The quantitative estimate of drug-likeness (QED) is 0.263. The molecule has 4 heterocycles. The van der Waals surface area contributed by atoms with Crippen molar-refractivity contribution in [1.29, 1.82) is 0 Å². The Kier molecular flexibility index (Phi) is 12.6. The van der Waals surface area contributed by atoms with Crippen LogP contribution in [-0.4, -0.2) is 120 Å². The fourth-order valence-electron chi connectivity index (χ4n) is 9.57. The first-order chi connectivity index (χ1) is 30.6. The highest BCUT2D eigenvalue weighted by molar-refractivity contribution is 7.91. The largest absolute Gasteiger partial charge is 0.489 e. The second-order valence-electron chi connectivity index (χ2n) is 20.3. The number of halogens is 3. The molecule has 19 heteroatoms. The van der Waals surface area contributed by atoms with Crippen molar-refractivity contribution in [3.63, 3.8) is 0 Å². The van der Waals surface area contributed by atoms with Gasteiger partial charge < -0.3 is 29.7 Å². The average molecular weight is 931 g/mol. The summed E-state index contributed by atoms with van der Waals surface area (Å²) in [5.41, 5.74) is -1.26. The number of aromatic nitrogens is 1. The van der Waals surface area contributed by atoms with E-state index in [9.17, 15) is 40.8 Å². The Morgan fingerprint density at radius 2 is 1.77 bits per heavy atom. The molecule has 3 aliphatic heterocycles. The Hall–Kier alpha value is -4.65. The zero-order valence-electron chi connectivity index (χ0n) is 37.5. The van der Waals surface area contributed by atoms with E-state index in [1.807, 2.05) is 24.3 Å². The lowest BCUT2D eigenvalue weighted by Gasteiger charge is -2.35. The number of carbonyl (C=O) groups is 4. The minimum absolute atomic E-state index is 0.0583. The number of para-hydroxylation sites is 1. The number of hydrogen-bond donors (Lipinski definition) is 3. The van der Waals surface area contributed by atoms with Gasteiger partial charge in [0.2, 0.25) is 27.7 Å². The lowest BCUT2D eigenvalue weighted by molar-refractivity contribution is -0.149. The molecule has 2 aromatic rings. The predicted octanol–water partition coefficient (Wildman–Crippen LogP) is 5.69. The van der Waals surface area contributed by atoms with Crippen molar-refractivity contribution >= 4 is 44.7 Å². The molecule has 65 heavy (non-hydrogen) atoms. The Bertz CT molecular complexity index is 2310. The molecule has 15 nitrogen and oxygen atoms in total. The molecule has 3 aliphatic carbocycles. The smallest absolute Gasteiger partial charge is 0.408 e. The molecule has 0 radical (unpaired) electrons. The van der Waals surface area contributed by atoms with Crippen LogP contribution in [0.5, 0.6) is 11.6 Å². The van der Waals surface area contributed by atoms with Crippen LogP contribution in [0, 0.1) is 17.3 Å². The van der Waals surface area contributed by atoms with E-state index in [0.717, 1.165) is 24.6 Å². The second kappa shape index (κ2) is 17.5. The number of pyridine rings is 1. The standard InChI is InChI=1S/C46H61F3N6O9S/c1-6-28-24-45(28,41(58)53-65(60,61)44(5)18-19-44)52-38(56)34-23-30-25-55(34)40(57)37(43(2,3)4)51-42(59)64-35-22-27(35)12-8-7-9-14-32-36(31-13-10-11-15-33(31)50-39(32)63-30)62-29-16-20-54(21-17-29)26-46(47,48)49/h6,10-11,13,15,27-30,34-35,37H,1,7-9,12,14,16-26H2,2-5H3,(H,51,59)(H,52,56)(H,53,58)/t27-,28?,30-,34+,35-,37-,45?/m1/s1. The van der Waals surface area contributed by atoms with Gasteiger partial charge in [0.25, 0.3) is 5.91 Å². The van der Waals surface area contributed by atoms with E-state index in [1.165, 1.54) is 15.9 Å². The lowest BCUT2D eigenvalue weighted by atomic mass is 9.85. The summed E-state index contributed by atoms with van der Waals surface area (Å²) in [6, 6.07) is 5.01. The summed E-state index contributed by atoms with van der Waals surface area (Å²) in [5.74, 6) is -1.82. The molecule has 3 saturated carbocycles. The molecular weight excluding hydrogens is 870 g/mol. The summed E-state index contributed by atoms with van der Waals surface area (Å²) in [6.45, 7) is 10.0. The fourth-order valence-corrected chi connectivity index (χ4v) is 10.9. The second-order valence-corrected chi connectivity index (χ2v) is 22.5. The predicted molar refractivity (Wildman–Crippen MR) is 233 cm³/mol. The van der Waals surface area contributed by atoms with Gasteiger partial charge in [-0.3, -0.25) is 24.0 Å². The Morgan fingerprint density at radius 3 is 2.43 bits per heavy atom. The number of fused-ring (bicyclic) bond motifs is 5. The average Bonchev–Trinajstić information content (AvgIpc) is 4.19. The number of alkyl halides is 3. The number of nitrogens with zero attached hydrogens (tertiary/aromatic N) is 3. The van der Waals surface area contributed by atoms with Crippen LogP contribution in [0.1, 0.15) is 104 Å². The summed E-state index contributed by atoms with van der Waals surface area (Å²) in [7, 11) is -4.06. The number of hydrogen-bond acceptors (Lipinski definition) is 11. The molecule has 3 N–H and O–H groups in total. The molecular formula is C46H61F3N6O9S. The minimum atomic E-state index is -4.31. The summed E-state index contributed by atoms with van der Waals surface area (Å²) in [5, 5.41) is 6.33. The molecule has 8 rings (SSSR count). The number of rotatable bonds is 9. The monoisotopic (exact) mass is 930 g/mol. The van der Waals surface area contributed by atoms with Crippen LogP contribution in [0.2, 0.25) is 0 Å². The first-order valence-corrected chi connectivity index (χ1v) is 24.4. The molecule has 1 aromatic heterocycles. The van der Waals surface area contributed by atoms with Crippen LogP contribution < -0.4 is 24.8 Å². The van der Waals surface area contributed by atoms with E-state index in [0.29, 0.717) is 61.8 Å². The van der Waals surface area contributed by atoms with Gasteiger partial charge in [-0.25, -0.2) is 18.2 Å². The third-order valence-corrected chi connectivity index (χ3v) is 16.3. The van der Waals surface area contributed by atoms with Gasteiger partial charge in [0.15, 0.2) is 0 Å². The van der Waals surface area contributed by atoms with E-state index < -0.39 is 86.4 Å². The van der Waals surface area contributed by atoms with Crippen molar-refractivity contribution in [2.75, 3.05) is 26.2 Å². The van der Waals surface area contributed by atoms with E-state index in [-0.39, 0.29) is 56.5 Å². The number of alkyl carbamates (subject to hydrolysis) is 1. The first kappa shape index (κ1) is 46.9. The van der Waals surface area contributed by atoms with E-state index in [4.69, 9.17) is 19.2 Å². The summed E-state index contributed by atoms with van der Waals surface area (Å²) < 4.78 is 86.6. The van der Waals surface area contributed by atoms with Crippen LogP contribution in [0.4, 0.5) is 18.0 Å². The number of piperidine rings is 1. The molecule has 2 saturated heterocycles. The van der Waals surface area contributed by atoms with Crippen LogP contribution in [-0.2, 0) is 35.6 Å². The number of likely N-dealkylation sites (tertiary alicyclic amines) is 1. The molecule has 0 spiro atoms. The van der Waals surface area contributed by atoms with Crippen molar-refractivity contribution in [2.24, 2.45) is 17.3 Å². The van der Waals surface area contributed by atoms with Gasteiger partial charge in [0.05, 0.1) is 28.9 Å². The number of ether oxygens (including phenoxy) is 3. The Labute approximate surface area is 378 Å². The van der Waals surface area contributed by atoms with Crippen LogP contribution in [0.15, 0.2) is 36.9 Å². The minimum Gasteiger partial charge on any atom is -0.489 e. The summed E-state index contributed by atoms with van der Waals surface area (Å²) in [4.78, 5) is 64.5. The molecule has 356 valence electrons. The normalized spacial score (nSPS) is 30.0. The summed E-state index contributed by atoms with van der Waals surface area (Å²) >= 11 is 0. The number of sulfonamides is 1. The van der Waals surface area contributed by atoms with E-state index in [2.05, 4.69) is 21.9 Å². The maximum Gasteiger partial charge on any atom is 0.408 e. The third kappa shape index (κ3) is 10.2. The van der Waals surface area contributed by atoms with Crippen molar-refractivity contribution in [3.05, 3.63) is 42.5 Å². The fraction of sp³-hybridized carbons (Fsp3) is 0.674. The number of benzene rings is 1. The highest BCUT2D eigenvalue weighted by Gasteiger charge is 2.63. The zero-order valence-corrected chi connectivity index (χ0v) is 38.3. The molecule has 2 unspecified atom stereocenters. The van der Waals surface area contributed by atoms with Gasteiger partial charge in [-0.15, -0.1) is 6.58 Å². The van der Waals surface area contributed by atoms with Gasteiger partial charge in [-0.1, -0.05) is 51.8 Å². The number of nitrogens with one attached hydrogen (secondary N) is 3. The Balaban J connectivity index is 1.13. The maximum atomic E-state index is 14.9. The van der Waals surface area contributed by atoms with E-state index >= 15 is 0 Å². The first-order valence-electron chi connectivity index (χ1n) is 22.9. The van der Waals surface area contributed by atoms with Crippen molar-refractivity contribution in [2.45, 2.75) is 152 Å². The lowest BCUT2D eigenvalue weighted by Crippen LogP contribution is -2.60. The Morgan fingerprint density at radius 1 is 1.05 bits per heavy atom.